The van der Waals surface area contributed by atoms with Crippen LogP contribution < -0.4 is 0 Å². The van der Waals surface area contributed by atoms with E-state index >= 15 is 0 Å². The van der Waals surface area contributed by atoms with Crippen molar-refractivity contribution in [2.24, 2.45) is 0 Å². The molecule has 0 saturated carbocycles. The number of rotatable bonds is 2. The molecule has 1 aliphatic rings. The molecule has 1 aliphatic heterocycles. The summed E-state index contributed by atoms with van der Waals surface area (Å²) in [5.74, 6) is 0. The predicted molar refractivity (Wildman–Crippen MR) is 69.1 cm³/mol. The van der Waals surface area contributed by atoms with Gasteiger partial charge in [0.15, 0.2) is 0 Å². The van der Waals surface area contributed by atoms with E-state index in [-0.39, 0.29) is 5.41 Å². The highest BCUT2D eigenvalue weighted by molar-refractivity contribution is 7.12. The van der Waals surface area contributed by atoms with E-state index < -0.39 is 0 Å². The molecule has 1 aromatic rings. The van der Waals surface area contributed by atoms with Crippen molar-refractivity contribution in [2.45, 2.75) is 32.7 Å². The van der Waals surface area contributed by atoms with Crippen LogP contribution in [0.5, 0.6) is 0 Å². The van der Waals surface area contributed by atoms with Crippen LogP contribution in [0.15, 0.2) is 12.1 Å². The van der Waals surface area contributed by atoms with Gasteiger partial charge in [0, 0.05) is 29.4 Å². The lowest BCUT2D eigenvalue weighted by Crippen LogP contribution is -2.35. The smallest absolute Gasteiger partial charge is 0.0594 e. The SMILES string of the molecule is CC(C)(C)c1ccc(CN2CCOCC2)s1. The van der Waals surface area contributed by atoms with Gasteiger partial charge in [-0.2, -0.15) is 0 Å². The standard InChI is InChI=1S/C13H21NOS/c1-13(2,3)12-5-4-11(16-12)10-14-6-8-15-9-7-14/h4-5H,6-10H2,1-3H3. The number of thiophene rings is 1. The molecule has 1 saturated heterocycles. The van der Waals surface area contributed by atoms with Crippen molar-refractivity contribution in [2.75, 3.05) is 26.3 Å². The van der Waals surface area contributed by atoms with Crippen molar-refractivity contribution in [3.63, 3.8) is 0 Å². The van der Waals surface area contributed by atoms with Crippen LogP contribution >= 0.6 is 11.3 Å². The molecule has 0 spiro atoms. The molecular weight excluding hydrogens is 218 g/mol. The molecule has 0 amide bonds. The number of ether oxygens (including phenoxy) is 1. The van der Waals surface area contributed by atoms with Gasteiger partial charge in [0.25, 0.3) is 0 Å². The van der Waals surface area contributed by atoms with Crippen LogP contribution in [-0.4, -0.2) is 31.2 Å². The molecule has 0 aliphatic carbocycles. The van der Waals surface area contributed by atoms with E-state index in [1.54, 1.807) is 0 Å². The van der Waals surface area contributed by atoms with Gasteiger partial charge in [-0.15, -0.1) is 11.3 Å². The Hall–Kier alpha value is -0.380. The van der Waals surface area contributed by atoms with Crippen LogP contribution in [-0.2, 0) is 16.7 Å². The molecule has 1 aromatic heterocycles. The maximum Gasteiger partial charge on any atom is 0.0594 e. The number of hydrogen-bond donors (Lipinski definition) is 0. The zero-order valence-corrected chi connectivity index (χ0v) is 11.3. The lowest BCUT2D eigenvalue weighted by molar-refractivity contribution is 0.0346. The van der Waals surface area contributed by atoms with E-state index in [9.17, 15) is 0 Å². The third-order valence-corrected chi connectivity index (χ3v) is 4.38. The monoisotopic (exact) mass is 239 g/mol. The molecule has 2 rings (SSSR count). The fraction of sp³-hybridized carbons (Fsp3) is 0.692. The van der Waals surface area contributed by atoms with Crippen LogP contribution in [0.1, 0.15) is 30.5 Å². The summed E-state index contributed by atoms with van der Waals surface area (Å²) in [7, 11) is 0. The van der Waals surface area contributed by atoms with Crippen molar-refractivity contribution >= 4 is 11.3 Å². The van der Waals surface area contributed by atoms with E-state index in [4.69, 9.17) is 4.74 Å². The topological polar surface area (TPSA) is 12.5 Å². The molecule has 0 unspecified atom stereocenters. The second-order valence-electron chi connectivity index (χ2n) is 5.40. The molecule has 0 radical (unpaired) electrons. The van der Waals surface area contributed by atoms with Gasteiger partial charge >= 0.3 is 0 Å². The summed E-state index contributed by atoms with van der Waals surface area (Å²) < 4.78 is 5.36. The molecule has 2 nitrogen and oxygen atoms in total. The van der Waals surface area contributed by atoms with Gasteiger partial charge < -0.3 is 4.74 Å². The first-order valence-corrected chi connectivity index (χ1v) is 6.77. The average Bonchev–Trinajstić information content (AvgIpc) is 2.67. The van der Waals surface area contributed by atoms with Gasteiger partial charge in [0.05, 0.1) is 13.2 Å². The van der Waals surface area contributed by atoms with E-state index in [1.807, 2.05) is 11.3 Å². The number of morpholine rings is 1. The molecule has 16 heavy (non-hydrogen) atoms. The van der Waals surface area contributed by atoms with Crippen LogP contribution in [0.2, 0.25) is 0 Å². The third-order valence-electron chi connectivity index (χ3n) is 2.88. The van der Waals surface area contributed by atoms with Crippen molar-refractivity contribution in [1.29, 1.82) is 0 Å². The molecule has 0 N–H and O–H groups in total. The molecule has 0 aromatic carbocycles. The van der Waals surface area contributed by atoms with Gasteiger partial charge in [0.1, 0.15) is 0 Å². The van der Waals surface area contributed by atoms with Gasteiger partial charge in [-0.3, -0.25) is 4.90 Å². The van der Waals surface area contributed by atoms with Crippen LogP contribution in [0, 0.1) is 0 Å². The maximum atomic E-state index is 5.36. The lowest BCUT2D eigenvalue weighted by Gasteiger charge is -2.26. The van der Waals surface area contributed by atoms with Gasteiger partial charge in [-0.05, 0) is 17.5 Å². The zero-order chi connectivity index (χ0) is 11.6. The maximum absolute atomic E-state index is 5.36. The Bertz CT molecular complexity index is 334. The van der Waals surface area contributed by atoms with Crippen LogP contribution in [0.3, 0.4) is 0 Å². The summed E-state index contributed by atoms with van der Waals surface area (Å²) in [5, 5.41) is 0. The predicted octanol–water partition coefficient (Wildman–Crippen LogP) is 2.88. The largest absolute Gasteiger partial charge is 0.379 e. The molecule has 1 fully saturated rings. The Labute approximate surface area is 102 Å². The first kappa shape index (κ1) is 12.1. The summed E-state index contributed by atoms with van der Waals surface area (Å²) in [6, 6.07) is 4.56. The highest BCUT2D eigenvalue weighted by Gasteiger charge is 2.17. The summed E-state index contributed by atoms with van der Waals surface area (Å²) in [6.07, 6.45) is 0. The van der Waals surface area contributed by atoms with Crippen molar-refractivity contribution in [1.82, 2.24) is 4.90 Å². The van der Waals surface area contributed by atoms with Gasteiger partial charge in [-0.25, -0.2) is 0 Å². The van der Waals surface area contributed by atoms with E-state index in [0.717, 1.165) is 32.8 Å². The first-order valence-electron chi connectivity index (χ1n) is 5.95. The highest BCUT2D eigenvalue weighted by Crippen LogP contribution is 2.30. The van der Waals surface area contributed by atoms with Crippen molar-refractivity contribution in [3.8, 4) is 0 Å². The summed E-state index contributed by atoms with van der Waals surface area (Å²) in [6.45, 7) is 11.8. The third kappa shape index (κ3) is 3.06. The highest BCUT2D eigenvalue weighted by atomic mass is 32.1. The Balaban J connectivity index is 1.97. The van der Waals surface area contributed by atoms with Gasteiger partial charge in [-0.1, -0.05) is 20.8 Å². The van der Waals surface area contributed by atoms with E-state index in [1.165, 1.54) is 9.75 Å². The normalized spacial score (nSPS) is 18.9. The fourth-order valence-corrected chi connectivity index (χ4v) is 2.95. The quantitative estimate of drug-likeness (QED) is 0.787. The molecule has 3 heteroatoms. The van der Waals surface area contributed by atoms with Gasteiger partial charge in [0.2, 0.25) is 0 Å². The fourth-order valence-electron chi connectivity index (χ4n) is 1.85. The average molecular weight is 239 g/mol. The Morgan fingerprint density at radius 2 is 1.94 bits per heavy atom. The molecular formula is C13H21NOS. The minimum atomic E-state index is 0.286. The molecule has 2 heterocycles. The second-order valence-corrected chi connectivity index (χ2v) is 6.57. The van der Waals surface area contributed by atoms with Crippen molar-refractivity contribution in [3.05, 3.63) is 21.9 Å². The molecule has 90 valence electrons. The Morgan fingerprint density at radius 1 is 1.25 bits per heavy atom. The van der Waals surface area contributed by atoms with Crippen LogP contribution in [0.25, 0.3) is 0 Å². The Kier molecular flexibility index (Phi) is 3.67. The number of hydrogen-bond acceptors (Lipinski definition) is 3. The lowest BCUT2D eigenvalue weighted by atomic mass is 9.95. The van der Waals surface area contributed by atoms with E-state index in [0.29, 0.717) is 0 Å². The van der Waals surface area contributed by atoms with E-state index in [2.05, 4.69) is 37.8 Å². The molecule has 0 atom stereocenters. The minimum absolute atomic E-state index is 0.286. The number of nitrogens with zero attached hydrogens (tertiary/aromatic N) is 1. The first-order chi connectivity index (χ1) is 7.55. The second kappa shape index (κ2) is 4.86. The minimum Gasteiger partial charge on any atom is -0.379 e. The van der Waals surface area contributed by atoms with Crippen LogP contribution in [0.4, 0.5) is 0 Å². The Morgan fingerprint density at radius 3 is 2.50 bits per heavy atom. The van der Waals surface area contributed by atoms with Crippen molar-refractivity contribution < 1.29 is 4.74 Å². The zero-order valence-electron chi connectivity index (χ0n) is 10.5. The summed E-state index contributed by atoms with van der Waals surface area (Å²) >= 11 is 1.95. The summed E-state index contributed by atoms with van der Waals surface area (Å²) in [4.78, 5) is 5.43. The summed E-state index contributed by atoms with van der Waals surface area (Å²) in [5.41, 5.74) is 0.286. The molecule has 0 bridgehead atoms.